The molecular weight excluding hydrogens is 358 g/mol. The molecule has 1 saturated carbocycles. The highest BCUT2D eigenvalue weighted by molar-refractivity contribution is 6.06. The zero-order chi connectivity index (χ0) is 19.3. The number of rotatable bonds is 7. The predicted molar refractivity (Wildman–Crippen MR) is 105 cm³/mol. The van der Waals surface area contributed by atoms with Crippen LogP contribution >= 0.6 is 0 Å². The molecule has 1 fully saturated rings. The van der Waals surface area contributed by atoms with Gasteiger partial charge in [-0.2, -0.15) is 5.10 Å². The maximum Gasteiger partial charge on any atom is 0.253 e. The summed E-state index contributed by atoms with van der Waals surface area (Å²) in [5.41, 5.74) is 2.26. The second kappa shape index (κ2) is 8.53. The average Bonchev–Trinajstić information content (AvgIpc) is 3.40. The van der Waals surface area contributed by atoms with Gasteiger partial charge in [0.2, 0.25) is 0 Å². The molecule has 1 amide bonds. The van der Waals surface area contributed by atoms with Gasteiger partial charge in [-0.1, -0.05) is 0 Å². The number of H-pyrrole nitrogens is 1. The van der Waals surface area contributed by atoms with Crippen molar-refractivity contribution in [1.29, 1.82) is 0 Å². The van der Waals surface area contributed by atoms with E-state index in [0.29, 0.717) is 18.8 Å². The molecular formula is C20H25N5O3. The normalized spacial score (nSPS) is 19.8. The first-order valence-corrected chi connectivity index (χ1v) is 9.62. The van der Waals surface area contributed by atoms with Crippen molar-refractivity contribution in [2.24, 2.45) is 0 Å². The van der Waals surface area contributed by atoms with Gasteiger partial charge in [-0.05, 0) is 43.9 Å². The van der Waals surface area contributed by atoms with Gasteiger partial charge < -0.3 is 19.8 Å². The molecule has 2 heterocycles. The van der Waals surface area contributed by atoms with Crippen molar-refractivity contribution in [2.45, 2.75) is 37.8 Å². The van der Waals surface area contributed by atoms with E-state index in [-0.39, 0.29) is 18.1 Å². The Balaban J connectivity index is 1.44. The summed E-state index contributed by atoms with van der Waals surface area (Å²) in [6, 6.07) is 5.95. The van der Waals surface area contributed by atoms with Gasteiger partial charge >= 0.3 is 0 Å². The van der Waals surface area contributed by atoms with E-state index in [1.54, 1.807) is 18.1 Å². The minimum absolute atomic E-state index is 0.0711. The Morgan fingerprint density at radius 2 is 2.14 bits per heavy atom. The second-order valence-electron chi connectivity index (χ2n) is 7.09. The Labute approximate surface area is 163 Å². The molecule has 1 aromatic carbocycles. The van der Waals surface area contributed by atoms with Crippen LogP contribution in [0, 0.1) is 0 Å². The number of amides is 1. The maximum atomic E-state index is 13.0. The van der Waals surface area contributed by atoms with Gasteiger partial charge in [0.15, 0.2) is 0 Å². The molecule has 8 nitrogen and oxygen atoms in total. The van der Waals surface area contributed by atoms with Crippen LogP contribution in [0.5, 0.6) is 0 Å². The molecule has 0 bridgehead atoms. The fourth-order valence-corrected chi connectivity index (χ4v) is 3.74. The van der Waals surface area contributed by atoms with Crippen molar-refractivity contribution in [1.82, 2.24) is 25.1 Å². The summed E-state index contributed by atoms with van der Waals surface area (Å²) in [5, 5.41) is 8.33. The Kier molecular flexibility index (Phi) is 5.68. The fraction of sp³-hybridized carbons (Fsp3) is 0.450. The first-order valence-electron chi connectivity index (χ1n) is 9.62. The minimum atomic E-state index is -0.0711. The maximum absolute atomic E-state index is 13.0. The lowest BCUT2D eigenvalue weighted by Gasteiger charge is -2.29. The monoisotopic (exact) mass is 383 g/mol. The van der Waals surface area contributed by atoms with Crippen LogP contribution in [0.1, 0.15) is 36.0 Å². The number of hydrogen-bond donors (Lipinski definition) is 2. The molecule has 3 aromatic rings. The first kappa shape index (κ1) is 18.6. The van der Waals surface area contributed by atoms with Crippen molar-refractivity contribution >= 4 is 16.8 Å². The third-order valence-electron chi connectivity index (χ3n) is 5.22. The summed E-state index contributed by atoms with van der Waals surface area (Å²) < 4.78 is 12.5. The molecule has 28 heavy (non-hydrogen) atoms. The number of carbonyl (C=O) groups is 1. The molecule has 0 spiro atoms. The van der Waals surface area contributed by atoms with Crippen molar-refractivity contribution in [3.63, 3.8) is 0 Å². The van der Waals surface area contributed by atoms with Gasteiger partial charge in [0, 0.05) is 24.7 Å². The Hall–Kier alpha value is -2.71. The summed E-state index contributed by atoms with van der Waals surface area (Å²) in [4.78, 5) is 20.2. The van der Waals surface area contributed by atoms with Crippen molar-refractivity contribution < 1.29 is 14.3 Å². The van der Waals surface area contributed by atoms with E-state index < -0.39 is 0 Å². The van der Waals surface area contributed by atoms with Crippen molar-refractivity contribution in [2.75, 3.05) is 20.3 Å². The van der Waals surface area contributed by atoms with E-state index >= 15 is 0 Å². The van der Waals surface area contributed by atoms with E-state index in [0.717, 1.165) is 42.3 Å². The standard InChI is InChI=1S/C20H25N5O3/c1-27-8-9-28-17-4-2-15(3-5-17)24-20(26)18-11-16(25-13-21-12-23-25)10-14-6-7-22-19(14)18/h6-7,10-13,15,17,22H,2-5,8-9H2,1H3,(H,24,26). The molecule has 1 aliphatic carbocycles. The van der Waals surface area contributed by atoms with Crippen LogP contribution in [0.2, 0.25) is 0 Å². The smallest absolute Gasteiger partial charge is 0.253 e. The van der Waals surface area contributed by atoms with E-state index in [9.17, 15) is 4.79 Å². The Bertz CT molecular complexity index is 913. The molecule has 2 N–H and O–H groups in total. The second-order valence-corrected chi connectivity index (χ2v) is 7.09. The van der Waals surface area contributed by atoms with E-state index in [4.69, 9.17) is 9.47 Å². The number of aromatic amines is 1. The molecule has 8 heteroatoms. The highest BCUT2D eigenvalue weighted by atomic mass is 16.5. The molecule has 4 rings (SSSR count). The third kappa shape index (κ3) is 4.07. The lowest BCUT2D eigenvalue weighted by Crippen LogP contribution is -2.39. The highest BCUT2D eigenvalue weighted by Gasteiger charge is 2.24. The van der Waals surface area contributed by atoms with Gasteiger partial charge in [0.05, 0.1) is 36.1 Å². The number of carbonyl (C=O) groups excluding carboxylic acids is 1. The van der Waals surface area contributed by atoms with Crippen LogP contribution in [0.3, 0.4) is 0 Å². The number of fused-ring (bicyclic) bond motifs is 1. The summed E-state index contributed by atoms with van der Waals surface area (Å²) in [7, 11) is 1.68. The first-order chi connectivity index (χ1) is 13.7. The summed E-state index contributed by atoms with van der Waals surface area (Å²) in [5.74, 6) is -0.0711. The van der Waals surface area contributed by atoms with E-state index in [1.807, 2.05) is 24.4 Å². The molecule has 148 valence electrons. The van der Waals surface area contributed by atoms with E-state index in [2.05, 4.69) is 20.4 Å². The lowest BCUT2D eigenvalue weighted by molar-refractivity contribution is -0.00408. The largest absolute Gasteiger partial charge is 0.382 e. The molecule has 0 unspecified atom stereocenters. The van der Waals surface area contributed by atoms with Gasteiger partial charge in [0.25, 0.3) is 5.91 Å². The molecule has 0 saturated heterocycles. The number of aromatic nitrogens is 4. The lowest BCUT2D eigenvalue weighted by atomic mass is 9.92. The molecule has 0 atom stereocenters. The predicted octanol–water partition coefficient (Wildman–Crippen LogP) is 2.45. The van der Waals surface area contributed by atoms with Crippen LogP contribution in [0.25, 0.3) is 16.6 Å². The van der Waals surface area contributed by atoms with Crippen molar-refractivity contribution in [3.05, 3.63) is 42.6 Å². The molecule has 2 aromatic heterocycles. The topological polar surface area (TPSA) is 94.1 Å². The van der Waals surface area contributed by atoms with Crippen LogP contribution in [-0.2, 0) is 9.47 Å². The van der Waals surface area contributed by atoms with Gasteiger partial charge in [-0.15, -0.1) is 0 Å². The Morgan fingerprint density at radius 1 is 1.29 bits per heavy atom. The number of methoxy groups -OCH3 is 1. The van der Waals surface area contributed by atoms with Crippen LogP contribution in [-0.4, -0.2) is 58.1 Å². The molecule has 1 aliphatic rings. The average molecular weight is 383 g/mol. The molecule has 0 aliphatic heterocycles. The number of nitrogens with one attached hydrogen (secondary N) is 2. The van der Waals surface area contributed by atoms with Gasteiger partial charge in [0.1, 0.15) is 12.7 Å². The molecule has 0 radical (unpaired) electrons. The number of nitrogens with zero attached hydrogens (tertiary/aromatic N) is 3. The van der Waals surface area contributed by atoms with Crippen LogP contribution in [0.4, 0.5) is 0 Å². The zero-order valence-corrected chi connectivity index (χ0v) is 15.9. The summed E-state index contributed by atoms with van der Waals surface area (Å²) in [6.07, 6.45) is 8.94. The SMILES string of the molecule is COCCOC1CCC(NC(=O)c2cc(-n3cncn3)cc3cc[nH]c23)CC1. The van der Waals surface area contributed by atoms with Crippen LogP contribution < -0.4 is 5.32 Å². The highest BCUT2D eigenvalue weighted by Crippen LogP contribution is 2.24. The fourth-order valence-electron chi connectivity index (χ4n) is 3.74. The van der Waals surface area contributed by atoms with Gasteiger partial charge in [-0.25, -0.2) is 9.67 Å². The number of hydrogen-bond acceptors (Lipinski definition) is 5. The summed E-state index contributed by atoms with van der Waals surface area (Å²) in [6.45, 7) is 1.24. The third-order valence-corrected chi connectivity index (χ3v) is 5.22. The van der Waals surface area contributed by atoms with Crippen molar-refractivity contribution in [3.8, 4) is 5.69 Å². The quantitative estimate of drug-likeness (QED) is 0.611. The Morgan fingerprint density at radius 3 is 2.89 bits per heavy atom. The van der Waals surface area contributed by atoms with Crippen LogP contribution in [0.15, 0.2) is 37.1 Å². The van der Waals surface area contributed by atoms with E-state index in [1.165, 1.54) is 6.33 Å². The zero-order valence-electron chi connectivity index (χ0n) is 15.9. The number of benzene rings is 1. The van der Waals surface area contributed by atoms with Gasteiger partial charge in [-0.3, -0.25) is 4.79 Å². The number of ether oxygens (including phenoxy) is 2. The minimum Gasteiger partial charge on any atom is -0.382 e. The summed E-state index contributed by atoms with van der Waals surface area (Å²) >= 11 is 0.